The van der Waals surface area contributed by atoms with Crippen LogP contribution in [0.15, 0.2) is 0 Å². The maximum absolute atomic E-state index is 11.9. The van der Waals surface area contributed by atoms with Crippen LogP contribution in [0.2, 0.25) is 0 Å². The van der Waals surface area contributed by atoms with E-state index in [0.717, 1.165) is 44.9 Å². The zero-order valence-electron chi connectivity index (χ0n) is 13.3. The maximum Gasteiger partial charge on any atom is 0.223 e. The fourth-order valence-electron chi connectivity index (χ4n) is 3.46. The number of carbonyl (C=O) groups is 2. The number of amides is 2. The number of carbonyl (C=O) groups excluding carboxylic acids is 2. The van der Waals surface area contributed by atoms with Gasteiger partial charge in [-0.15, -0.1) is 0 Å². The predicted molar refractivity (Wildman–Crippen MR) is 82.2 cm³/mol. The highest BCUT2D eigenvalue weighted by molar-refractivity contribution is 5.78. The largest absolute Gasteiger partial charge is 0.394 e. The summed E-state index contributed by atoms with van der Waals surface area (Å²) in [5.74, 6) is 0.263. The molecule has 0 aromatic rings. The summed E-state index contributed by atoms with van der Waals surface area (Å²) >= 11 is 0. The second-order valence-electron chi connectivity index (χ2n) is 6.42. The number of nitrogens with one attached hydrogen (secondary N) is 2. The Hall–Kier alpha value is -1.14. The molecule has 1 heterocycles. The molecule has 0 aromatic carbocycles. The van der Waals surface area contributed by atoms with Crippen molar-refractivity contribution in [3.63, 3.8) is 0 Å². The molecule has 22 heavy (non-hydrogen) atoms. The van der Waals surface area contributed by atoms with Crippen LogP contribution in [0.5, 0.6) is 0 Å². The van der Waals surface area contributed by atoms with E-state index in [0.29, 0.717) is 6.54 Å². The molecule has 0 radical (unpaired) electrons. The molecular formula is C16H28N2O4. The molecule has 2 aliphatic rings. The van der Waals surface area contributed by atoms with Gasteiger partial charge in [0, 0.05) is 19.4 Å². The molecule has 6 nitrogen and oxygen atoms in total. The Labute approximate surface area is 132 Å². The topological polar surface area (TPSA) is 87.7 Å². The predicted octanol–water partition coefficient (Wildman–Crippen LogP) is 0.728. The number of aliphatic hydroxyl groups excluding tert-OH is 1. The first-order valence-corrected chi connectivity index (χ1v) is 8.41. The van der Waals surface area contributed by atoms with Crippen LogP contribution in [-0.4, -0.2) is 48.3 Å². The van der Waals surface area contributed by atoms with Gasteiger partial charge in [-0.25, -0.2) is 0 Å². The van der Waals surface area contributed by atoms with E-state index in [1.54, 1.807) is 0 Å². The molecule has 2 amide bonds. The Balaban J connectivity index is 1.68. The third-order valence-corrected chi connectivity index (χ3v) is 4.68. The normalized spacial score (nSPS) is 29.3. The zero-order valence-corrected chi connectivity index (χ0v) is 13.3. The first kappa shape index (κ1) is 17.2. The summed E-state index contributed by atoms with van der Waals surface area (Å²) in [6, 6.07) is -0.119. The van der Waals surface area contributed by atoms with Gasteiger partial charge in [0.05, 0.1) is 18.8 Å². The van der Waals surface area contributed by atoms with Crippen molar-refractivity contribution in [3.05, 3.63) is 0 Å². The molecule has 2 fully saturated rings. The first-order chi connectivity index (χ1) is 10.6. The van der Waals surface area contributed by atoms with Crippen LogP contribution in [0.3, 0.4) is 0 Å². The van der Waals surface area contributed by atoms with E-state index in [2.05, 4.69) is 10.6 Å². The van der Waals surface area contributed by atoms with Crippen molar-refractivity contribution in [2.45, 2.75) is 70.1 Å². The van der Waals surface area contributed by atoms with Crippen LogP contribution in [-0.2, 0) is 14.3 Å². The summed E-state index contributed by atoms with van der Waals surface area (Å²) in [5, 5.41) is 15.2. The quantitative estimate of drug-likeness (QED) is 0.674. The molecular weight excluding hydrogens is 284 g/mol. The minimum Gasteiger partial charge on any atom is -0.394 e. The van der Waals surface area contributed by atoms with Gasteiger partial charge in [-0.1, -0.05) is 12.8 Å². The summed E-state index contributed by atoms with van der Waals surface area (Å²) in [7, 11) is 0. The molecule has 3 N–H and O–H groups in total. The molecule has 0 unspecified atom stereocenters. The first-order valence-electron chi connectivity index (χ1n) is 8.41. The van der Waals surface area contributed by atoms with E-state index in [9.17, 15) is 14.7 Å². The third kappa shape index (κ3) is 4.95. The Morgan fingerprint density at radius 3 is 2.55 bits per heavy atom. The number of ether oxygens (including phenoxy) is 1. The third-order valence-electron chi connectivity index (χ3n) is 4.68. The fraction of sp³-hybridized carbons (Fsp3) is 0.875. The van der Waals surface area contributed by atoms with Gasteiger partial charge >= 0.3 is 0 Å². The van der Waals surface area contributed by atoms with Crippen molar-refractivity contribution in [1.29, 1.82) is 0 Å². The lowest BCUT2D eigenvalue weighted by Crippen LogP contribution is -2.50. The molecule has 0 spiro atoms. The molecule has 6 heteroatoms. The van der Waals surface area contributed by atoms with E-state index in [4.69, 9.17) is 4.74 Å². The molecule has 0 aromatic heterocycles. The number of hydrogen-bond donors (Lipinski definition) is 3. The SMILES string of the molecule is CC(=O)N[C@@H]1CC[C@@H](CCNC(=O)C2CCCC2)O[C@@H]1CO. The number of rotatable bonds is 6. The van der Waals surface area contributed by atoms with Gasteiger partial charge in [-0.3, -0.25) is 9.59 Å². The van der Waals surface area contributed by atoms with Gasteiger partial charge in [-0.05, 0) is 32.1 Å². The Morgan fingerprint density at radius 2 is 1.91 bits per heavy atom. The number of aliphatic hydroxyl groups is 1. The molecule has 1 aliphatic carbocycles. The summed E-state index contributed by atoms with van der Waals surface area (Å²) < 4.78 is 5.84. The second kappa shape index (κ2) is 8.48. The van der Waals surface area contributed by atoms with Crippen LogP contribution < -0.4 is 10.6 Å². The standard InChI is InChI=1S/C16H28N2O4/c1-11(20)18-14-7-6-13(22-15(14)10-19)8-9-17-16(21)12-4-2-3-5-12/h12-15,19H,2-10H2,1H3,(H,17,21)(H,18,20)/t13-,14+,15+/m0/s1. The Bertz CT molecular complexity index is 382. The average Bonchev–Trinajstić information content (AvgIpc) is 3.02. The highest BCUT2D eigenvalue weighted by atomic mass is 16.5. The van der Waals surface area contributed by atoms with Crippen LogP contribution in [0.4, 0.5) is 0 Å². The molecule has 126 valence electrons. The summed E-state index contributed by atoms with van der Waals surface area (Å²) in [4.78, 5) is 23.1. The molecule has 1 saturated carbocycles. The Morgan fingerprint density at radius 1 is 1.18 bits per heavy atom. The maximum atomic E-state index is 11.9. The smallest absolute Gasteiger partial charge is 0.223 e. The van der Waals surface area contributed by atoms with Crippen molar-refractivity contribution >= 4 is 11.8 Å². The molecule has 3 atom stereocenters. The van der Waals surface area contributed by atoms with E-state index >= 15 is 0 Å². The molecule has 2 rings (SSSR count). The van der Waals surface area contributed by atoms with Gasteiger partial charge in [0.25, 0.3) is 0 Å². The second-order valence-corrected chi connectivity index (χ2v) is 6.42. The van der Waals surface area contributed by atoms with E-state index in [1.807, 2.05) is 0 Å². The average molecular weight is 312 g/mol. The van der Waals surface area contributed by atoms with Crippen LogP contribution in [0.25, 0.3) is 0 Å². The van der Waals surface area contributed by atoms with Gasteiger partial charge < -0.3 is 20.5 Å². The van der Waals surface area contributed by atoms with E-state index in [1.165, 1.54) is 6.92 Å². The van der Waals surface area contributed by atoms with Gasteiger partial charge in [0.1, 0.15) is 6.10 Å². The van der Waals surface area contributed by atoms with Gasteiger partial charge in [0.2, 0.25) is 11.8 Å². The minimum absolute atomic E-state index is 0.0334. The summed E-state index contributed by atoms with van der Waals surface area (Å²) in [6.07, 6.45) is 6.40. The van der Waals surface area contributed by atoms with Crippen LogP contribution in [0, 0.1) is 5.92 Å². The fourth-order valence-corrected chi connectivity index (χ4v) is 3.46. The monoisotopic (exact) mass is 312 g/mol. The van der Waals surface area contributed by atoms with E-state index < -0.39 is 0 Å². The summed E-state index contributed by atoms with van der Waals surface area (Å²) in [6.45, 7) is 1.98. The van der Waals surface area contributed by atoms with Gasteiger partial charge in [0.15, 0.2) is 0 Å². The Kier molecular flexibility index (Phi) is 6.64. The van der Waals surface area contributed by atoms with Crippen molar-refractivity contribution in [1.82, 2.24) is 10.6 Å². The van der Waals surface area contributed by atoms with E-state index in [-0.39, 0.29) is 42.6 Å². The van der Waals surface area contributed by atoms with Crippen molar-refractivity contribution in [2.24, 2.45) is 5.92 Å². The zero-order chi connectivity index (χ0) is 15.9. The van der Waals surface area contributed by atoms with Crippen molar-refractivity contribution in [2.75, 3.05) is 13.2 Å². The molecule has 1 aliphatic heterocycles. The molecule has 1 saturated heterocycles. The molecule has 0 bridgehead atoms. The lowest BCUT2D eigenvalue weighted by Gasteiger charge is -2.36. The van der Waals surface area contributed by atoms with Crippen LogP contribution in [0.1, 0.15) is 51.9 Å². The van der Waals surface area contributed by atoms with Crippen LogP contribution >= 0.6 is 0 Å². The lowest BCUT2D eigenvalue weighted by atomic mass is 9.97. The number of hydrogen-bond acceptors (Lipinski definition) is 4. The van der Waals surface area contributed by atoms with Crippen molar-refractivity contribution < 1.29 is 19.4 Å². The van der Waals surface area contributed by atoms with Gasteiger partial charge in [-0.2, -0.15) is 0 Å². The minimum atomic E-state index is -0.354. The highest BCUT2D eigenvalue weighted by Crippen LogP contribution is 2.25. The van der Waals surface area contributed by atoms with Crippen molar-refractivity contribution in [3.8, 4) is 0 Å². The highest BCUT2D eigenvalue weighted by Gasteiger charge is 2.31. The summed E-state index contributed by atoms with van der Waals surface area (Å²) in [5.41, 5.74) is 0. The lowest BCUT2D eigenvalue weighted by molar-refractivity contribution is -0.128.